The molecule has 0 spiro atoms. The third-order valence-corrected chi connectivity index (χ3v) is 2.64. The molecule has 0 radical (unpaired) electrons. The van der Waals surface area contributed by atoms with Gasteiger partial charge in [-0.1, -0.05) is 6.92 Å². The Balaban J connectivity index is 2.28. The quantitative estimate of drug-likeness (QED) is 0.680. The Morgan fingerprint density at radius 2 is 2.38 bits per heavy atom. The summed E-state index contributed by atoms with van der Waals surface area (Å²) >= 11 is 0. The summed E-state index contributed by atoms with van der Waals surface area (Å²) in [5.74, 6) is 3.76. The van der Waals surface area contributed by atoms with Crippen molar-refractivity contribution in [2.45, 2.75) is 45.1 Å². The van der Waals surface area contributed by atoms with Crippen LogP contribution in [0.4, 0.5) is 0 Å². The third kappa shape index (κ3) is 5.04. The smallest absolute Gasteiger partial charge is 0.103 e. The monoisotopic (exact) mass is 219 g/mol. The van der Waals surface area contributed by atoms with E-state index in [9.17, 15) is 0 Å². The SMILES string of the molecule is C#CCCC(CCc1ccco1)NCCC. The fourth-order valence-corrected chi connectivity index (χ4v) is 1.73. The van der Waals surface area contributed by atoms with E-state index in [-0.39, 0.29) is 0 Å². The Morgan fingerprint density at radius 3 is 3.00 bits per heavy atom. The normalized spacial score (nSPS) is 12.2. The maximum absolute atomic E-state index is 5.32. The number of hydrogen-bond donors (Lipinski definition) is 1. The molecule has 1 unspecified atom stereocenters. The molecule has 0 saturated carbocycles. The molecule has 1 atom stereocenters. The van der Waals surface area contributed by atoms with Gasteiger partial charge in [-0.05, 0) is 37.9 Å². The van der Waals surface area contributed by atoms with Crippen LogP contribution in [0.2, 0.25) is 0 Å². The lowest BCUT2D eigenvalue weighted by atomic mass is 10.0. The minimum absolute atomic E-state index is 0.515. The molecule has 2 heteroatoms. The number of hydrogen-bond acceptors (Lipinski definition) is 2. The number of aryl methyl sites for hydroxylation is 1. The largest absolute Gasteiger partial charge is 0.469 e. The van der Waals surface area contributed by atoms with E-state index in [2.05, 4.69) is 18.2 Å². The lowest BCUT2D eigenvalue weighted by Crippen LogP contribution is -2.30. The summed E-state index contributed by atoms with van der Waals surface area (Å²) in [7, 11) is 0. The van der Waals surface area contributed by atoms with Crippen molar-refractivity contribution in [1.82, 2.24) is 5.32 Å². The summed E-state index contributed by atoms with van der Waals surface area (Å²) in [6.45, 7) is 3.24. The van der Waals surface area contributed by atoms with Gasteiger partial charge in [0.25, 0.3) is 0 Å². The van der Waals surface area contributed by atoms with Gasteiger partial charge in [-0.25, -0.2) is 0 Å². The highest BCUT2D eigenvalue weighted by Crippen LogP contribution is 2.09. The van der Waals surface area contributed by atoms with Crippen LogP contribution in [0.5, 0.6) is 0 Å². The van der Waals surface area contributed by atoms with Gasteiger partial charge < -0.3 is 9.73 Å². The van der Waals surface area contributed by atoms with E-state index in [0.717, 1.165) is 44.4 Å². The summed E-state index contributed by atoms with van der Waals surface area (Å²) in [6, 6.07) is 4.48. The van der Waals surface area contributed by atoms with Gasteiger partial charge in [-0.2, -0.15) is 0 Å². The molecule has 1 aromatic heterocycles. The molecule has 0 fully saturated rings. The van der Waals surface area contributed by atoms with E-state index in [1.807, 2.05) is 12.1 Å². The first kappa shape index (κ1) is 12.9. The second-order valence-corrected chi connectivity index (χ2v) is 4.01. The van der Waals surface area contributed by atoms with Crippen LogP contribution in [-0.4, -0.2) is 12.6 Å². The van der Waals surface area contributed by atoms with Crippen LogP contribution in [0, 0.1) is 12.3 Å². The first-order valence-corrected chi connectivity index (χ1v) is 6.06. The Labute approximate surface area is 98.4 Å². The molecule has 1 rings (SSSR count). The molecule has 0 aliphatic rings. The van der Waals surface area contributed by atoms with Gasteiger partial charge in [0.05, 0.1) is 6.26 Å². The average Bonchev–Trinajstić information content (AvgIpc) is 2.81. The zero-order valence-corrected chi connectivity index (χ0v) is 10.0. The Kier molecular flexibility index (Phi) is 6.44. The molecule has 0 bridgehead atoms. The predicted molar refractivity (Wildman–Crippen MR) is 67.2 cm³/mol. The highest BCUT2D eigenvalue weighted by molar-refractivity contribution is 4.98. The van der Waals surface area contributed by atoms with Crippen LogP contribution in [-0.2, 0) is 6.42 Å². The molecule has 0 aliphatic heterocycles. The van der Waals surface area contributed by atoms with E-state index in [1.54, 1.807) is 6.26 Å². The van der Waals surface area contributed by atoms with Crippen LogP contribution < -0.4 is 5.32 Å². The second-order valence-electron chi connectivity index (χ2n) is 4.01. The summed E-state index contributed by atoms with van der Waals surface area (Å²) in [5, 5.41) is 3.53. The Hall–Kier alpha value is -1.20. The molecule has 0 aliphatic carbocycles. The maximum atomic E-state index is 5.32. The first-order valence-electron chi connectivity index (χ1n) is 6.06. The molecule has 1 aromatic rings. The van der Waals surface area contributed by atoms with Crippen molar-refractivity contribution in [3.63, 3.8) is 0 Å². The van der Waals surface area contributed by atoms with Gasteiger partial charge in [-0.15, -0.1) is 12.3 Å². The molecule has 0 saturated heterocycles. The standard InChI is InChI=1S/C14H21NO/c1-3-5-7-13(15-11-4-2)9-10-14-8-6-12-16-14/h1,6,8,12-13,15H,4-5,7,9-11H2,2H3. The van der Waals surface area contributed by atoms with Gasteiger partial charge in [0.2, 0.25) is 0 Å². The van der Waals surface area contributed by atoms with Gasteiger partial charge >= 0.3 is 0 Å². The molecule has 16 heavy (non-hydrogen) atoms. The topological polar surface area (TPSA) is 25.2 Å². The predicted octanol–water partition coefficient (Wildman–Crippen LogP) is 2.99. The lowest BCUT2D eigenvalue weighted by molar-refractivity contribution is 0.429. The van der Waals surface area contributed by atoms with Crippen LogP contribution >= 0.6 is 0 Å². The average molecular weight is 219 g/mol. The molecule has 2 nitrogen and oxygen atoms in total. The summed E-state index contributed by atoms with van der Waals surface area (Å²) < 4.78 is 5.32. The van der Waals surface area contributed by atoms with Crippen molar-refractivity contribution in [3.05, 3.63) is 24.2 Å². The summed E-state index contributed by atoms with van der Waals surface area (Å²) in [4.78, 5) is 0. The van der Waals surface area contributed by atoms with Crippen LogP contribution in [0.1, 0.15) is 38.4 Å². The number of furan rings is 1. The van der Waals surface area contributed by atoms with Crippen molar-refractivity contribution in [2.75, 3.05) is 6.54 Å². The first-order chi connectivity index (χ1) is 7.86. The maximum Gasteiger partial charge on any atom is 0.103 e. The number of nitrogens with one attached hydrogen (secondary N) is 1. The van der Waals surface area contributed by atoms with Crippen molar-refractivity contribution in [3.8, 4) is 12.3 Å². The van der Waals surface area contributed by atoms with E-state index in [1.165, 1.54) is 0 Å². The fraction of sp³-hybridized carbons (Fsp3) is 0.571. The summed E-state index contributed by atoms with van der Waals surface area (Å²) in [6.07, 6.45) is 12.2. The van der Waals surface area contributed by atoms with E-state index >= 15 is 0 Å². The minimum Gasteiger partial charge on any atom is -0.469 e. The van der Waals surface area contributed by atoms with Crippen molar-refractivity contribution < 1.29 is 4.42 Å². The third-order valence-electron chi connectivity index (χ3n) is 2.64. The molecule has 0 amide bonds. The van der Waals surface area contributed by atoms with Gasteiger partial charge in [0, 0.05) is 18.9 Å². The molecular formula is C14H21NO. The number of terminal acetylenes is 1. The van der Waals surface area contributed by atoms with E-state index in [0.29, 0.717) is 6.04 Å². The summed E-state index contributed by atoms with van der Waals surface area (Å²) in [5.41, 5.74) is 0. The molecule has 0 aromatic carbocycles. The minimum atomic E-state index is 0.515. The molecule has 1 N–H and O–H groups in total. The Morgan fingerprint density at radius 1 is 1.50 bits per heavy atom. The van der Waals surface area contributed by atoms with Crippen LogP contribution in [0.3, 0.4) is 0 Å². The van der Waals surface area contributed by atoms with E-state index in [4.69, 9.17) is 10.8 Å². The van der Waals surface area contributed by atoms with Gasteiger partial charge in [-0.3, -0.25) is 0 Å². The van der Waals surface area contributed by atoms with Gasteiger partial charge in [0.1, 0.15) is 5.76 Å². The number of rotatable bonds is 8. The van der Waals surface area contributed by atoms with Crippen LogP contribution in [0.15, 0.2) is 22.8 Å². The second kappa shape index (κ2) is 8.01. The van der Waals surface area contributed by atoms with Crippen molar-refractivity contribution in [2.24, 2.45) is 0 Å². The van der Waals surface area contributed by atoms with Crippen molar-refractivity contribution >= 4 is 0 Å². The zero-order chi connectivity index (χ0) is 11.6. The molecular weight excluding hydrogens is 198 g/mol. The fourth-order valence-electron chi connectivity index (χ4n) is 1.73. The zero-order valence-electron chi connectivity index (χ0n) is 10.0. The highest BCUT2D eigenvalue weighted by atomic mass is 16.3. The molecule has 88 valence electrons. The molecule has 1 heterocycles. The van der Waals surface area contributed by atoms with Crippen molar-refractivity contribution in [1.29, 1.82) is 0 Å². The van der Waals surface area contributed by atoms with Gasteiger partial charge in [0.15, 0.2) is 0 Å². The highest BCUT2D eigenvalue weighted by Gasteiger charge is 2.07. The Bertz CT molecular complexity index is 297. The van der Waals surface area contributed by atoms with Crippen LogP contribution in [0.25, 0.3) is 0 Å². The lowest BCUT2D eigenvalue weighted by Gasteiger charge is -2.16. The van der Waals surface area contributed by atoms with E-state index < -0.39 is 0 Å².